The molecule has 5 nitrogen and oxygen atoms in total. The van der Waals surface area contributed by atoms with Crippen molar-refractivity contribution in [2.24, 2.45) is 0 Å². The van der Waals surface area contributed by atoms with E-state index in [1.807, 2.05) is 42.5 Å². The molecular formula is C27H25FN2O3. The Morgan fingerprint density at radius 2 is 1.64 bits per heavy atom. The monoisotopic (exact) mass is 444 g/mol. The summed E-state index contributed by atoms with van der Waals surface area (Å²) in [5, 5.41) is 2.27. The SMILES string of the molecule is O=C(c1ccc(COc2ccc3ccccc3c2)o1)N1CCN(Cc2ccccc2F)CC1. The van der Waals surface area contributed by atoms with Gasteiger partial charge in [0, 0.05) is 38.3 Å². The minimum atomic E-state index is -0.190. The third-order valence-corrected chi connectivity index (χ3v) is 5.99. The quantitative estimate of drug-likeness (QED) is 0.415. The second-order valence-electron chi connectivity index (χ2n) is 8.22. The molecule has 0 unspecified atom stereocenters. The highest BCUT2D eigenvalue weighted by Crippen LogP contribution is 2.22. The number of carbonyl (C=O) groups excluding carboxylic acids is 1. The number of fused-ring (bicyclic) bond motifs is 1. The Bertz CT molecular complexity index is 1260. The molecule has 2 heterocycles. The van der Waals surface area contributed by atoms with Gasteiger partial charge in [-0.3, -0.25) is 9.69 Å². The smallest absolute Gasteiger partial charge is 0.289 e. The van der Waals surface area contributed by atoms with Crippen molar-refractivity contribution in [1.29, 1.82) is 0 Å². The van der Waals surface area contributed by atoms with Gasteiger partial charge in [-0.2, -0.15) is 0 Å². The van der Waals surface area contributed by atoms with E-state index in [-0.39, 0.29) is 18.3 Å². The van der Waals surface area contributed by atoms with Gasteiger partial charge in [0.25, 0.3) is 5.91 Å². The zero-order valence-corrected chi connectivity index (χ0v) is 18.2. The molecule has 0 atom stereocenters. The molecule has 3 aromatic carbocycles. The van der Waals surface area contributed by atoms with E-state index in [0.29, 0.717) is 49.8 Å². The zero-order chi connectivity index (χ0) is 22.6. The molecule has 1 aliphatic heterocycles. The maximum atomic E-state index is 13.9. The van der Waals surface area contributed by atoms with E-state index in [9.17, 15) is 9.18 Å². The predicted molar refractivity (Wildman–Crippen MR) is 125 cm³/mol. The largest absolute Gasteiger partial charge is 0.486 e. The lowest BCUT2D eigenvalue weighted by Crippen LogP contribution is -2.48. The number of rotatable bonds is 6. The summed E-state index contributed by atoms with van der Waals surface area (Å²) in [4.78, 5) is 16.8. The summed E-state index contributed by atoms with van der Waals surface area (Å²) in [6.07, 6.45) is 0. The van der Waals surface area contributed by atoms with Crippen LogP contribution in [0.15, 0.2) is 83.3 Å². The Labute approximate surface area is 192 Å². The lowest BCUT2D eigenvalue weighted by atomic mass is 10.1. The molecule has 1 aromatic heterocycles. The van der Waals surface area contributed by atoms with Gasteiger partial charge in [-0.25, -0.2) is 4.39 Å². The molecule has 168 valence electrons. The molecule has 1 amide bonds. The van der Waals surface area contributed by atoms with E-state index in [4.69, 9.17) is 9.15 Å². The molecule has 1 aliphatic rings. The van der Waals surface area contributed by atoms with Gasteiger partial charge in [0.1, 0.15) is 23.9 Å². The molecule has 0 saturated carbocycles. The first-order chi connectivity index (χ1) is 16.2. The fourth-order valence-corrected chi connectivity index (χ4v) is 4.11. The first kappa shape index (κ1) is 21.2. The highest BCUT2D eigenvalue weighted by Gasteiger charge is 2.24. The predicted octanol–water partition coefficient (Wildman–Crippen LogP) is 5.11. The van der Waals surface area contributed by atoms with Crippen molar-refractivity contribution in [2.45, 2.75) is 13.2 Å². The fourth-order valence-electron chi connectivity index (χ4n) is 4.11. The Morgan fingerprint density at radius 1 is 0.879 bits per heavy atom. The van der Waals surface area contributed by atoms with Crippen LogP contribution < -0.4 is 4.74 Å². The Kier molecular flexibility index (Phi) is 6.09. The molecule has 0 bridgehead atoms. The number of amides is 1. The molecule has 4 aromatic rings. The van der Waals surface area contributed by atoms with Gasteiger partial charge < -0.3 is 14.1 Å². The Hall–Kier alpha value is -3.64. The standard InChI is InChI=1S/C27H25FN2O3/c28-25-8-4-3-7-22(25)18-29-13-15-30(16-14-29)27(31)26-12-11-24(33-26)19-32-23-10-9-20-5-1-2-6-21(20)17-23/h1-12,17H,13-16,18-19H2. The van der Waals surface area contributed by atoms with Crippen LogP contribution in [0.2, 0.25) is 0 Å². The van der Waals surface area contributed by atoms with Gasteiger partial charge >= 0.3 is 0 Å². The second-order valence-corrected chi connectivity index (χ2v) is 8.22. The first-order valence-corrected chi connectivity index (χ1v) is 11.1. The van der Waals surface area contributed by atoms with E-state index in [1.165, 1.54) is 6.07 Å². The van der Waals surface area contributed by atoms with Crippen molar-refractivity contribution < 1.29 is 18.3 Å². The van der Waals surface area contributed by atoms with Gasteiger partial charge in [-0.05, 0) is 41.1 Å². The minimum absolute atomic E-state index is 0.127. The topological polar surface area (TPSA) is 45.9 Å². The number of ether oxygens (including phenoxy) is 1. The third-order valence-electron chi connectivity index (χ3n) is 5.99. The minimum Gasteiger partial charge on any atom is -0.486 e. The lowest BCUT2D eigenvalue weighted by molar-refractivity contribution is 0.0593. The molecular weight excluding hydrogens is 419 g/mol. The van der Waals surface area contributed by atoms with E-state index < -0.39 is 0 Å². The highest BCUT2D eigenvalue weighted by molar-refractivity contribution is 5.91. The average Bonchev–Trinajstić information content (AvgIpc) is 3.33. The molecule has 33 heavy (non-hydrogen) atoms. The van der Waals surface area contributed by atoms with E-state index in [0.717, 1.165) is 16.5 Å². The van der Waals surface area contributed by atoms with Crippen LogP contribution in [0.1, 0.15) is 21.9 Å². The maximum absolute atomic E-state index is 13.9. The Morgan fingerprint density at radius 3 is 2.45 bits per heavy atom. The average molecular weight is 445 g/mol. The number of hydrogen-bond donors (Lipinski definition) is 0. The maximum Gasteiger partial charge on any atom is 0.289 e. The van der Waals surface area contributed by atoms with Crippen LogP contribution in [0.3, 0.4) is 0 Å². The van der Waals surface area contributed by atoms with Crippen molar-refractivity contribution in [2.75, 3.05) is 26.2 Å². The molecule has 0 spiro atoms. The van der Waals surface area contributed by atoms with E-state index in [2.05, 4.69) is 11.0 Å². The summed E-state index contributed by atoms with van der Waals surface area (Å²) in [5.41, 5.74) is 0.680. The number of halogens is 1. The van der Waals surface area contributed by atoms with Crippen molar-refractivity contribution in [3.63, 3.8) is 0 Å². The Balaban J connectivity index is 1.14. The van der Waals surface area contributed by atoms with Crippen molar-refractivity contribution >= 4 is 16.7 Å². The molecule has 0 N–H and O–H groups in total. The highest BCUT2D eigenvalue weighted by atomic mass is 19.1. The molecule has 5 rings (SSSR count). The van der Waals surface area contributed by atoms with Gasteiger partial charge in [0.2, 0.25) is 0 Å². The van der Waals surface area contributed by atoms with Crippen LogP contribution in [-0.2, 0) is 13.2 Å². The molecule has 0 radical (unpaired) electrons. The molecule has 1 saturated heterocycles. The first-order valence-electron chi connectivity index (χ1n) is 11.1. The van der Waals surface area contributed by atoms with Crippen LogP contribution in [0.4, 0.5) is 4.39 Å². The van der Waals surface area contributed by atoms with Crippen molar-refractivity contribution in [3.05, 3.63) is 102 Å². The summed E-state index contributed by atoms with van der Waals surface area (Å²) in [6, 6.07) is 24.3. The van der Waals surface area contributed by atoms with Crippen LogP contribution in [0, 0.1) is 5.82 Å². The number of hydrogen-bond acceptors (Lipinski definition) is 4. The summed E-state index contributed by atoms with van der Waals surface area (Å²) in [5.74, 6) is 1.35. The molecule has 1 fully saturated rings. The number of furan rings is 1. The van der Waals surface area contributed by atoms with Crippen LogP contribution >= 0.6 is 0 Å². The van der Waals surface area contributed by atoms with Gasteiger partial charge in [-0.1, -0.05) is 48.5 Å². The van der Waals surface area contributed by atoms with Crippen LogP contribution in [-0.4, -0.2) is 41.9 Å². The summed E-state index contributed by atoms with van der Waals surface area (Å²) in [6.45, 7) is 3.35. The summed E-state index contributed by atoms with van der Waals surface area (Å²) < 4.78 is 25.5. The molecule has 0 aliphatic carbocycles. The number of benzene rings is 3. The fraction of sp³-hybridized carbons (Fsp3) is 0.222. The van der Waals surface area contributed by atoms with Gasteiger partial charge in [0.15, 0.2) is 5.76 Å². The summed E-state index contributed by atoms with van der Waals surface area (Å²) in [7, 11) is 0. The second kappa shape index (κ2) is 9.46. The van der Waals surface area contributed by atoms with E-state index >= 15 is 0 Å². The lowest BCUT2D eigenvalue weighted by Gasteiger charge is -2.34. The number of carbonyl (C=O) groups is 1. The molecule has 6 heteroatoms. The van der Waals surface area contributed by atoms with Crippen LogP contribution in [0.25, 0.3) is 10.8 Å². The number of piperazine rings is 1. The summed E-state index contributed by atoms with van der Waals surface area (Å²) >= 11 is 0. The normalized spacial score (nSPS) is 14.5. The third kappa shape index (κ3) is 4.91. The van der Waals surface area contributed by atoms with Gasteiger partial charge in [0.05, 0.1) is 0 Å². The zero-order valence-electron chi connectivity index (χ0n) is 18.2. The van der Waals surface area contributed by atoms with Crippen molar-refractivity contribution in [1.82, 2.24) is 9.80 Å². The van der Waals surface area contributed by atoms with Crippen molar-refractivity contribution in [3.8, 4) is 5.75 Å². The van der Waals surface area contributed by atoms with Gasteiger partial charge in [-0.15, -0.1) is 0 Å². The van der Waals surface area contributed by atoms with E-state index in [1.54, 1.807) is 29.2 Å². The van der Waals surface area contributed by atoms with Crippen LogP contribution in [0.5, 0.6) is 5.75 Å². The number of nitrogens with zero attached hydrogens (tertiary/aromatic N) is 2.